The van der Waals surface area contributed by atoms with Gasteiger partial charge in [0.25, 0.3) is 11.8 Å². The number of benzene rings is 1. The van der Waals surface area contributed by atoms with E-state index in [4.69, 9.17) is 0 Å². The normalized spacial score (nSPS) is 17.2. The average molecular weight is 545 g/mol. The summed E-state index contributed by atoms with van der Waals surface area (Å²) in [5.41, 5.74) is 3.25. The van der Waals surface area contributed by atoms with E-state index in [2.05, 4.69) is 24.9 Å². The van der Waals surface area contributed by atoms with Gasteiger partial charge < -0.3 is 19.9 Å². The van der Waals surface area contributed by atoms with Crippen molar-refractivity contribution in [3.05, 3.63) is 59.9 Å². The van der Waals surface area contributed by atoms with Gasteiger partial charge in [-0.2, -0.15) is 8.57 Å². The number of aromatic nitrogens is 2. The summed E-state index contributed by atoms with van der Waals surface area (Å²) in [6.45, 7) is 2.12. The van der Waals surface area contributed by atoms with Crippen LogP contribution in [0.25, 0.3) is 16.9 Å². The molecule has 1 aliphatic heterocycles. The summed E-state index contributed by atoms with van der Waals surface area (Å²) in [7, 11) is -5.06. The van der Waals surface area contributed by atoms with Gasteiger partial charge in [0.1, 0.15) is 5.65 Å². The van der Waals surface area contributed by atoms with Gasteiger partial charge in [0.15, 0.2) is 0 Å². The molecule has 38 heavy (non-hydrogen) atoms. The Bertz CT molecular complexity index is 1450. The van der Waals surface area contributed by atoms with Crippen LogP contribution in [-0.4, -0.2) is 68.6 Å². The molecule has 1 saturated carbocycles. The van der Waals surface area contributed by atoms with Crippen molar-refractivity contribution < 1.29 is 21.6 Å². The lowest BCUT2D eigenvalue weighted by Crippen LogP contribution is -2.40. The van der Waals surface area contributed by atoms with E-state index < -0.39 is 16.5 Å². The second-order valence-corrected chi connectivity index (χ2v) is 10.8. The first-order valence-corrected chi connectivity index (χ1v) is 14.1. The maximum atomic E-state index is 12.8. The molecule has 0 spiro atoms. The number of piperidine rings is 1. The van der Waals surface area contributed by atoms with E-state index in [1.165, 1.54) is 0 Å². The molecule has 1 aliphatic carbocycles. The van der Waals surface area contributed by atoms with Crippen LogP contribution in [-0.2, 0) is 10.5 Å². The highest BCUT2D eigenvalue weighted by Gasteiger charge is 2.22. The Balaban J connectivity index is 1.17. The van der Waals surface area contributed by atoms with Crippen LogP contribution in [0.2, 0.25) is 0 Å². The number of carbonyl (C=O) groups is 2. The molecule has 2 N–H and O–H groups in total. The van der Waals surface area contributed by atoms with Crippen LogP contribution >= 0.6 is 0 Å². The van der Waals surface area contributed by atoms with E-state index in [9.17, 15) is 21.6 Å². The van der Waals surface area contributed by atoms with Gasteiger partial charge in [-0.05, 0) is 56.4 Å². The average Bonchev–Trinajstić information content (AvgIpc) is 3.30. The molecule has 9 nitrogen and oxygen atoms in total. The molecule has 3 heterocycles. The Morgan fingerprint density at radius 3 is 2.53 bits per heavy atom. The highest BCUT2D eigenvalue weighted by molar-refractivity contribution is 7.83. The van der Waals surface area contributed by atoms with Crippen molar-refractivity contribution in [2.75, 3.05) is 26.2 Å². The van der Waals surface area contributed by atoms with Crippen LogP contribution in [0, 0.1) is 0 Å². The summed E-state index contributed by atoms with van der Waals surface area (Å²) < 4.78 is 40.7. The molecule has 0 bridgehead atoms. The molecule has 1 aromatic carbocycles. The number of carbonyl (C=O) groups excluding carboxylic acids is 2. The number of nitrogens with one attached hydrogen (secondary N) is 2. The van der Waals surface area contributed by atoms with Crippen molar-refractivity contribution >= 4 is 28.0 Å². The van der Waals surface area contributed by atoms with Gasteiger partial charge in [0, 0.05) is 55.7 Å². The van der Waals surface area contributed by atoms with Crippen LogP contribution in [0.15, 0.2) is 53.2 Å². The minimum absolute atomic E-state index is 0.0881. The molecule has 12 heteroatoms. The highest BCUT2D eigenvalue weighted by Crippen LogP contribution is 2.22. The highest BCUT2D eigenvalue weighted by atomic mass is 32.3. The number of hydrogen-bond donors (Lipinski definition) is 2. The van der Waals surface area contributed by atoms with Gasteiger partial charge in [0.05, 0.1) is 17.3 Å². The maximum Gasteiger partial charge on any atom is 0.367 e. The molecule has 0 unspecified atom stereocenters. The standard InChI is InChI=1S/C26H30F2N6O3S/c27-38(28,37)32-22-9-12-33(13-10-22)14-11-29-25(35)19-4-1-3-18(15-19)23-17-34-16-20(7-8-24(34)31-23)26(36)30-21-5-2-6-21/h1,3-4,7-8,15-17,21-22H,2,5-6,9-14H2,(H,29,35)(H,30,36). The number of halogens is 2. The molecule has 0 atom stereocenters. The van der Waals surface area contributed by atoms with E-state index in [1.54, 1.807) is 36.5 Å². The lowest BCUT2D eigenvalue weighted by atomic mass is 9.93. The summed E-state index contributed by atoms with van der Waals surface area (Å²) in [6, 6.07) is 10.4. The third-order valence-electron chi connectivity index (χ3n) is 7.12. The lowest BCUT2D eigenvalue weighted by Gasteiger charge is -2.29. The largest absolute Gasteiger partial charge is 0.367 e. The van der Waals surface area contributed by atoms with Crippen molar-refractivity contribution in [3.8, 4) is 11.3 Å². The molecule has 0 radical (unpaired) electrons. The first-order valence-electron chi connectivity index (χ1n) is 12.8. The Labute approximate surface area is 220 Å². The number of rotatable bonds is 8. The topological polar surface area (TPSA) is 108 Å². The summed E-state index contributed by atoms with van der Waals surface area (Å²) in [6.07, 6.45) is 7.65. The molecular formula is C26H30F2N6O3S. The van der Waals surface area contributed by atoms with Gasteiger partial charge in [-0.1, -0.05) is 19.9 Å². The number of imidazole rings is 1. The zero-order valence-electron chi connectivity index (χ0n) is 20.8. The maximum absolute atomic E-state index is 12.8. The third kappa shape index (κ3) is 6.54. The van der Waals surface area contributed by atoms with Crippen LogP contribution < -0.4 is 10.6 Å². The second kappa shape index (κ2) is 11.2. The number of pyridine rings is 1. The third-order valence-corrected chi connectivity index (χ3v) is 7.66. The molecule has 1 saturated heterocycles. The van der Waals surface area contributed by atoms with Crippen LogP contribution in [0.1, 0.15) is 52.8 Å². The molecule has 2 aliphatic rings. The summed E-state index contributed by atoms with van der Waals surface area (Å²) in [5, 5.41) is 5.95. The van der Waals surface area contributed by atoms with Crippen LogP contribution in [0.3, 0.4) is 0 Å². The van der Waals surface area contributed by atoms with Crippen molar-refractivity contribution in [1.82, 2.24) is 24.9 Å². The summed E-state index contributed by atoms with van der Waals surface area (Å²) in [5.74, 6) is -0.306. The molecule has 2 fully saturated rings. The van der Waals surface area contributed by atoms with Crippen molar-refractivity contribution in [3.63, 3.8) is 0 Å². The van der Waals surface area contributed by atoms with Crippen molar-refractivity contribution in [1.29, 1.82) is 0 Å². The number of amides is 2. The molecule has 5 rings (SSSR count). The Morgan fingerprint density at radius 1 is 1.03 bits per heavy atom. The Morgan fingerprint density at radius 2 is 1.82 bits per heavy atom. The van der Waals surface area contributed by atoms with Gasteiger partial charge >= 0.3 is 10.5 Å². The van der Waals surface area contributed by atoms with E-state index in [0.717, 1.165) is 24.8 Å². The molecular weight excluding hydrogens is 514 g/mol. The molecule has 2 aromatic heterocycles. The monoisotopic (exact) mass is 544 g/mol. The van der Waals surface area contributed by atoms with Gasteiger partial charge in [0.2, 0.25) is 0 Å². The SMILES string of the molecule is O=C(NCCN1CCC(N=S(=O)(F)F)CC1)c1cccc(-c2cn3cc(C(=O)NC4CCC4)ccc3n2)c1. The number of nitrogens with zero attached hydrogens (tertiary/aromatic N) is 4. The second-order valence-electron chi connectivity index (χ2n) is 9.82. The molecule has 2 amide bonds. The quantitative estimate of drug-likeness (QED) is 0.421. The Hall–Kier alpha value is -3.38. The van der Waals surface area contributed by atoms with Gasteiger partial charge in [-0.3, -0.25) is 9.59 Å². The Kier molecular flexibility index (Phi) is 7.70. The van der Waals surface area contributed by atoms with E-state index in [0.29, 0.717) is 61.5 Å². The van der Waals surface area contributed by atoms with Crippen molar-refractivity contribution in [2.24, 2.45) is 4.36 Å². The lowest BCUT2D eigenvalue weighted by molar-refractivity contribution is 0.0914. The predicted octanol–water partition coefficient (Wildman–Crippen LogP) is 3.71. The number of hydrogen-bond acceptors (Lipinski definition) is 6. The molecule has 3 aromatic rings. The first-order chi connectivity index (χ1) is 18.2. The van der Waals surface area contributed by atoms with Crippen LogP contribution in [0.5, 0.6) is 0 Å². The van der Waals surface area contributed by atoms with Crippen molar-refractivity contribution in [2.45, 2.75) is 44.2 Å². The van der Waals surface area contributed by atoms with Crippen LogP contribution in [0.4, 0.5) is 7.77 Å². The zero-order valence-corrected chi connectivity index (χ0v) is 21.6. The van der Waals surface area contributed by atoms with E-state index in [-0.39, 0.29) is 17.9 Å². The van der Waals surface area contributed by atoms with E-state index >= 15 is 0 Å². The number of fused-ring (bicyclic) bond motifs is 1. The smallest absolute Gasteiger partial charge is 0.351 e. The summed E-state index contributed by atoms with van der Waals surface area (Å²) >= 11 is 0. The van der Waals surface area contributed by atoms with E-state index in [1.807, 2.05) is 16.7 Å². The zero-order chi connectivity index (χ0) is 26.7. The molecule has 202 valence electrons. The minimum Gasteiger partial charge on any atom is -0.351 e. The van der Waals surface area contributed by atoms with Gasteiger partial charge in [-0.25, -0.2) is 4.98 Å². The van der Waals surface area contributed by atoms with Gasteiger partial charge in [-0.15, -0.1) is 0 Å². The first kappa shape index (κ1) is 26.2. The fourth-order valence-corrected chi connectivity index (χ4v) is 5.32. The predicted molar refractivity (Wildman–Crippen MR) is 140 cm³/mol. The minimum atomic E-state index is -5.06. The number of likely N-dealkylation sites (tertiary alicyclic amines) is 1. The fraction of sp³-hybridized carbons (Fsp3) is 0.423. The fourth-order valence-electron chi connectivity index (χ4n) is 4.76. The summed E-state index contributed by atoms with van der Waals surface area (Å²) in [4.78, 5) is 32.0.